The molecular weight excluding hydrogens is 298 g/mol. The van der Waals surface area contributed by atoms with Crippen molar-refractivity contribution >= 4 is 22.8 Å². The number of nitrogens with zero attached hydrogens (tertiary/aromatic N) is 4. The van der Waals surface area contributed by atoms with Crippen LogP contribution in [0.15, 0.2) is 18.5 Å². The lowest BCUT2D eigenvalue weighted by Gasteiger charge is -2.34. The second-order valence-corrected chi connectivity index (χ2v) is 5.23. The van der Waals surface area contributed by atoms with E-state index < -0.39 is 0 Å². The molecule has 0 aliphatic carbocycles. The fourth-order valence-corrected chi connectivity index (χ4v) is 2.76. The minimum Gasteiger partial charge on any atom is -0.493 e. The molecule has 8 heteroatoms. The van der Waals surface area contributed by atoms with Crippen molar-refractivity contribution in [2.45, 2.75) is 0 Å². The molecule has 0 unspecified atom stereocenters. The maximum Gasteiger partial charge on any atom is 0.314 e. The van der Waals surface area contributed by atoms with E-state index in [1.54, 1.807) is 19.1 Å². The summed E-state index contributed by atoms with van der Waals surface area (Å²) in [6, 6.07) is 3.33. The topological polar surface area (TPSA) is 93.8 Å². The first kappa shape index (κ1) is 15.1. The summed E-state index contributed by atoms with van der Waals surface area (Å²) in [6.45, 7) is 2.50. The van der Waals surface area contributed by atoms with Crippen LogP contribution in [0.1, 0.15) is 0 Å². The lowest BCUT2D eigenvalue weighted by atomic mass is 10.2. The van der Waals surface area contributed by atoms with Gasteiger partial charge in [-0.3, -0.25) is 0 Å². The Balaban J connectivity index is 1.97. The first-order valence-corrected chi connectivity index (χ1v) is 7.30. The van der Waals surface area contributed by atoms with Crippen LogP contribution in [0, 0.1) is 0 Å². The first-order valence-electron chi connectivity index (χ1n) is 7.30. The van der Waals surface area contributed by atoms with Gasteiger partial charge in [-0.05, 0) is 6.07 Å². The van der Waals surface area contributed by atoms with Crippen LogP contribution in [0.2, 0.25) is 0 Å². The van der Waals surface area contributed by atoms with Crippen LogP contribution in [-0.4, -0.2) is 61.3 Å². The second kappa shape index (κ2) is 6.15. The van der Waals surface area contributed by atoms with Gasteiger partial charge in [0.2, 0.25) is 0 Å². The van der Waals surface area contributed by atoms with Crippen LogP contribution >= 0.6 is 0 Å². The van der Waals surface area contributed by atoms with E-state index in [1.807, 2.05) is 12.1 Å². The fraction of sp³-hybridized carbons (Fsp3) is 0.400. The molecule has 23 heavy (non-hydrogen) atoms. The number of carbonyl (C=O) groups excluding carboxylic acids is 1. The Bertz CT molecular complexity index is 728. The van der Waals surface area contributed by atoms with Gasteiger partial charge in [-0.25, -0.2) is 14.8 Å². The zero-order valence-electron chi connectivity index (χ0n) is 13.2. The van der Waals surface area contributed by atoms with Gasteiger partial charge in [-0.15, -0.1) is 0 Å². The van der Waals surface area contributed by atoms with Gasteiger partial charge < -0.3 is 25.0 Å². The molecule has 3 rings (SSSR count). The number of anilines is 1. The van der Waals surface area contributed by atoms with Crippen LogP contribution < -0.4 is 20.1 Å². The third-order valence-corrected chi connectivity index (χ3v) is 4.01. The number of methoxy groups -OCH3 is 2. The average molecular weight is 317 g/mol. The van der Waals surface area contributed by atoms with Gasteiger partial charge in [0.1, 0.15) is 12.1 Å². The number of benzene rings is 1. The summed E-state index contributed by atoms with van der Waals surface area (Å²) in [5.74, 6) is 2.08. The zero-order valence-corrected chi connectivity index (χ0v) is 13.2. The summed E-state index contributed by atoms with van der Waals surface area (Å²) in [4.78, 5) is 23.7. The number of aromatic nitrogens is 2. The normalized spacial score (nSPS) is 14.9. The van der Waals surface area contributed by atoms with Crippen LogP contribution in [0.4, 0.5) is 10.6 Å². The highest BCUT2D eigenvalue weighted by Gasteiger charge is 2.22. The Morgan fingerprint density at radius 3 is 2.35 bits per heavy atom. The van der Waals surface area contributed by atoms with Gasteiger partial charge in [0.05, 0.1) is 19.7 Å². The first-order chi connectivity index (χ1) is 11.1. The van der Waals surface area contributed by atoms with Crippen molar-refractivity contribution in [1.29, 1.82) is 0 Å². The minimum atomic E-state index is -0.386. The molecule has 1 aliphatic rings. The molecule has 1 saturated heterocycles. The standard InChI is InChI=1S/C15H19N5O3/c1-22-12-7-10-11(8-13(12)23-2)17-9-18-14(10)19-3-5-20(6-4-19)15(16)21/h7-9H,3-6H2,1-2H3,(H2,16,21). The number of nitrogens with two attached hydrogens (primary N) is 1. The Labute approximate surface area is 133 Å². The lowest BCUT2D eigenvalue weighted by Crippen LogP contribution is -2.50. The molecule has 0 spiro atoms. The summed E-state index contributed by atoms with van der Waals surface area (Å²) < 4.78 is 10.7. The van der Waals surface area contributed by atoms with Gasteiger partial charge in [0, 0.05) is 37.6 Å². The highest BCUT2D eigenvalue weighted by atomic mass is 16.5. The number of carbonyl (C=O) groups is 1. The average Bonchev–Trinajstić information content (AvgIpc) is 2.60. The van der Waals surface area contributed by atoms with Crippen molar-refractivity contribution in [1.82, 2.24) is 14.9 Å². The molecule has 122 valence electrons. The van der Waals surface area contributed by atoms with E-state index in [0.717, 1.165) is 16.7 Å². The molecule has 1 fully saturated rings. The maximum absolute atomic E-state index is 11.2. The van der Waals surface area contributed by atoms with Crippen LogP contribution in [0.25, 0.3) is 10.9 Å². The van der Waals surface area contributed by atoms with Gasteiger partial charge in [0.25, 0.3) is 0 Å². The molecule has 0 atom stereocenters. The quantitative estimate of drug-likeness (QED) is 0.902. The zero-order chi connectivity index (χ0) is 16.4. The molecule has 8 nitrogen and oxygen atoms in total. The van der Waals surface area contributed by atoms with Gasteiger partial charge in [0.15, 0.2) is 11.5 Å². The van der Waals surface area contributed by atoms with Crippen molar-refractivity contribution in [3.05, 3.63) is 18.5 Å². The largest absolute Gasteiger partial charge is 0.493 e. The number of primary amides is 1. The Morgan fingerprint density at radius 1 is 1.09 bits per heavy atom. The summed E-state index contributed by atoms with van der Waals surface area (Å²) >= 11 is 0. The summed E-state index contributed by atoms with van der Waals surface area (Å²) in [6.07, 6.45) is 1.53. The van der Waals surface area contributed by atoms with Crippen molar-refractivity contribution in [3.63, 3.8) is 0 Å². The molecule has 1 aromatic carbocycles. The van der Waals surface area contributed by atoms with E-state index in [2.05, 4.69) is 14.9 Å². The minimum absolute atomic E-state index is 0.386. The molecule has 0 bridgehead atoms. The molecule has 0 saturated carbocycles. The van der Waals surface area contributed by atoms with Crippen molar-refractivity contribution in [3.8, 4) is 11.5 Å². The van der Waals surface area contributed by atoms with Gasteiger partial charge in [-0.2, -0.15) is 0 Å². The number of rotatable bonds is 3. The Morgan fingerprint density at radius 2 is 1.74 bits per heavy atom. The fourth-order valence-electron chi connectivity index (χ4n) is 2.76. The van der Waals surface area contributed by atoms with Crippen LogP contribution in [0.5, 0.6) is 11.5 Å². The molecule has 1 aliphatic heterocycles. The predicted octanol–water partition coefficient (Wildman–Crippen LogP) is 0.848. The highest BCUT2D eigenvalue weighted by molar-refractivity contribution is 5.92. The van der Waals surface area contributed by atoms with Crippen molar-refractivity contribution < 1.29 is 14.3 Å². The molecule has 2 N–H and O–H groups in total. The smallest absolute Gasteiger partial charge is 0.314 e. The Hall–Kier alpha value is -2.77. The summed E-state index contributed by atoms with van der Waals surface area (Å²) in [5, 5.41) is 0.887. The molecule has 2 amide bonds. The number of hydrogen-bond acceptors (Lipinski definition) is 6. The monoisotopic (exact) mass is 317 g/mol. The van der Waals surface area contributed by atoms with Crippen LogP contribution in [-0.2, 0) is 0 Å². The van der Waals surface area contributed by atoms with E-state index in [9.17, 15) is 4.79 Å². The SMILES string of the molecule is COc1cc2ncnc(N3CCN(C(N)=O)CC3)c2cc1OC. The number of fused-ring (bicyclic) bond motifs is 1. The van der Waals surface area contributed by atoms with E-state index in [-0.39, 0.29) is 6.03 Å². The van der Waals surface area contributed by atoms with Gasteiger partial charge >= 0.3 is 6.03 Å². The van der Waals surface area contributed by atoms with Gasteiger partial charge in [-0.1, -0.05) is 0 Å². The maximum atomic E-state index is 11.2. The molecule has 2 heterocycles. The van der Waals surface area contributed by atoms with E-state index >= 15 is 0 Å². The molecule has 0 radical (unpaired) electrons. The summed E-state index contributed by atoms with van der Waals surface area (Å²) in [7, 11) is 3.19. The molecular formula is C15H19N5O3. The second-order valence-electron chi connectivity index (χ2n) is 5.23. The molecule has 2 aromatic rings. The van der Waals surface area contributed by atoms with E-state index in [4.69, 9.17) is 15.2 Å². The van der Waals surface area contributed by atoms with E-state index in [1.165, 1.54) is 6.33 Å². The third kappa shape index (κ3) is 2.79. The number of piperazine rings is 1. The van der Waals surface area contributed by atoms with Crippen molar-refractivity contribution in [2.24, 2.45) is 5.73 Å². The number of urea groups is 1. The number of hydrogen-bond donors (Lipinski definition) is 1. The molecule has 1 aromatic heterocycles. The Kier molecular flexibility index (Phi) is 4.05. The number of amides is 2. The van der Waals surface area contributed by atoms with Crippen LogP contribution in [0.3, 0.4) is 0 Å². The van der Waals surface area contributed by atoms with E-state index in [0.29, 0.717) is 37.7 Å². The highest BCUT2D eigenvalue weighted by Crippen LogP contribution is 2.34. The predicted molar refractivity (Wildman–Crippen MR) is 86.0 cm³/mol. The number of ether oxygens (including phenoxy) is 2. The third-order valence-electron chi connectivity index (χ3n) is 4.01. The lowest BCUT2D eigenvalue weighted by molar-refractivity contribution is 0.204. The van der Waals surface area contributed by atoms with Crippen molar-refractivity contribution in [2.75, 3.05) is 45.3 Å². The summed E-state index contributed by atoms with van der Waals surface area (Å²) in [5.41, 5.74) is 6.11.